The summed E-state index contributed by atoms with van der Waals surface area (Å²) >= 11 is 11.7. The number of hydrogen-bond donors (Lipinski definition) is 0. The monoisotopic (exact) mass is 280 g/mol. The standard InChI is InChI=1S/C14H14Cl2N2/c1-2-3-4-10-5-7-11(8-6-10)14-17-12(15)9-13(16)18-14/h5-9H,2-4H2,1H3. The van der Waals surface area contributed by atoms with Crippen molar-refractivity contribution >= 4 is 23.2 Å². The second kappa shape index (κ2) is 6.17. The van der Waals surface area contributed by atoms with Gasteiger partial charge in [0.1, 0.15) is 10.3 Å². The van der Waals surface area contributed by atoms with Gasteiger partial charge in [0, 0.05) is 11.6 Å². The van der Waals surface area contributed by atoms with Crippen molar-refractivity contribution in [3.63, 3.8) is 0 Å². The lowest BCUT2D eigenvalue weighted by atomic mass is 10.1. The van der Waals surface area contributed by atoms with Gasteiger partial charge in [-0.1, -0.05) is 60.8 Å². The fourth-order valence-electron chi connectivity index (χ4n) is 1.72. The zero-order valence-electron chi connectivity index (χ0n) is 10.2. The molecule has 0 saturated carbocycles. The molecule has 0 radical (unpaired) electrons. The average Bonchev–Trinajstić information content (AvgIpc) is 2.36. The number of nitrogens with zero attached hydrogens (tertiary/aromatic N) is 2. The molecule has 2 aromatic rings. The maximum absolute atomic E-state index is 5.86. The predicted octanol–water partition coefficient (Wildman–Crippen LogP) is 4.79. The van der Waals surface area contributed by atoms with Crippen LogP contribution in [0, 0.1) is 0 Å². The Bertz CT molecular complexity index is 504. The zero-order valence-corrected chi connectivity index (χ0v) is 11.7. The van der Waals surface area contributed by atoms with E-state index in [1.807, 2.05) is 12.1 Å². The third-order valence-electron chi connectivity index (χ3n) is 2.69. The molecule has 1 heterocycles. The Morgan fingerprint density at radius 1 is 1.00 bits per heavy atom. The van der Waals surface area contributed by atoms with Gasteiger partial charge in [-0.05, 0) is 18.4 Å². The fourth-order valence-corrected chi connectivity index (χ4v) is 2.14. The van der Waals surface area contributed by atoms with Crippen LogP contribution in [-0.2, 0) is 6.42 Å². The van der Waals surface area contributed by atoms with Crippen molar-refractivity contribution in [1.82, 2.24) is 9.97 Å². The first-order chi connectivity index (χ1) is 8.69. The van der Waals surface area contributed by atoms with Crippen LogP contribution in [-0.4, -0.2) is 9.97 Å². The van der Waals surface area contributed by atoms with Crippen LogP contribution in [0.2, 0.25) is 10.3 Å². The van der Waals surface area contributed by atoms with E-state index in [-0.39, 0.29) is 0 Å². The van der Waals surface area contributed by atoms with Gasteiger partial charge in [0.25, 0.3) is 0 Å². The van der Waals surface area contributed by atoms with Crippen LogP contribution in [0.3, 0.4) is 0 Å². The van der Waals surface area contributed by atoms with Crippen LogP contribution < -0.4 is 0 Å². The predicted molar refractivity (Wildman–Crippen MR) is 76.1 cm³/mol. The van der Waals surface area contributed by atoms with Gasteiger partial charge in [0.2, 0.25) is 0 Å². The lowest BCUT2D eigenvalue weighted by Gasteiger charge is -2.04. The molecule has 0 N–H and O–H groups in total. The van der Waals surface area contributed by atoms with Crippen molar-refractivity contribution < 1.29 is 0 Å². The van der Waals surface area contributed by atoms with Crippen LogP contribution >= 0.6 is 23.2 Å². The van der Waals surface area contributed by atoms with E-state index in [0.29, 0.717) is 16.1 Å². The van der Waals surface area contributed by atoms with Gasteiger partial charge in [-0.3, -0.25) is 0 Å². The van der Waals surface area contributed by atoms with E-state index in [2.05, 4.69) is 29.0 Å². The normalized spacial score (nSPS) is 10.6. The number of unbranched alkanes of at least 4 members (excludes halogenated alkanes) is 1. The number of halogens is 2. The molecule has 0 unspecified atom stereocenters. The van der Waals surface area contributed by atoms with E-state index in [9.17, 15) is 0 Å². The zero-order chi connectivity index (χ0) is 13.0. The first-order valence-corrected chi connectivity index (χ1v) is 6.74. The molecule has 1 aromatic carbocycles. The molecule has 0 amide bonds. The fraction of sp³-hybridized carbons (Fsp3) is 0.286. The molecule has 0 bridgehead atoms. The molecule has 0 aliphatic heterocycles. The minimum Gasteiger partial charge on any atom is -0.216 e. The lowest BCUT2D eigenvalue weighted by Crippen LogP contribution is -1.91. The highest BCUT2D eigenvalue weighted by Gasteiger charge is 2.04. The molecular formula is C14H14Cl2N2. The van der Waals surface area contributed by atoms with Crippen molar-refractivity contribution in [2.75, 3.05) is 0 Å². The first-order valence-electron chi connectivity index (χ1n) is 5.98. The summed E-state index contributed by atoms with van der Waals surface area (Å²) in [6, 6.07) is 9.74. The number of hydrogen-bond acceptors (Lipinski definition) is 2. The molecule has 1 aromatic heterocycles. The molecular weight excluding hydrogens is 267 g/mol. The molecule has 0 spiro atoms. The van der Waals surface area contributed by atoms with E-state index < -0.39 is 0 Å². The Hall–Kier alpha value is -1.12. The molecule has 2 rings (SSSR count). The molecule has 94 valence electrons. The van der Waals surface area contributed by atoms with Crippen LogP contribution in [0.5, 0.6) is 0 Å². The Morgan fingerprint density at radius 3 is 2.17 bits per heavy atom. The van der Waals surface area contributed by atoms with E-state index in [1.165, 1.54) is 24.5 Å². The molecule has 0 saturated heterocycles. The summed E-state index contributed by atoms with van der Waals surface area (Å²) in [4.78, 5) is 8.33. The quantitative estimate of drug-likeness (QED) is 0.753. The Balaban J connectivity index is 2.23. The summed E-state index contributed by atoms with van der Waals surface area (Å²) in [7, 11) is 0. The number of aryl methyl sites for hydroxylation is 1. The molecule has 0 fully saturated rings. The highest BCUT2D eigenvalue weighted by Crippen LogP contribution is 2.21. The maximum atomic E-state index is 5.86. The van der Waals surface area contributed by atoms with Gasteiger partial charge in [0.05, 0.1) is 0 Å². The Labute approximate surface area is 117 Å². The maximum Gasteiger partial charge on any atom is 0.162 e. The minimum absolute atomic E-state index is 0.361. The second-order valence-corrected chi connectivity index (χ2v) is 4.91. The molecule has 0 aliphatic carbocycles. The molecule has 18 heavy (non-hydrogen) atoms. The van der Waals surface area contributed by atoms with Crippen LogP contribution in [0.15, 0.2) is 30.3 Å². The average molecular weight is 281 g/mol. The van der Waals surface area contributed by atoms with Gasteiger partial charge in [-0.2, -0.15) is 0 Å². The van der Waals surface area contributed by atoms with Crippen molar-refractivity contribution in [1.29, 1.82) is 0 Å². The number of rotatable bonds is 4. The van der Waals surface area contributed by atoms with Gasteiger partial charge >= 0.3 is 0 Å². The van der Waals surface area contributed by atoms with Gasteiger partial charge in [0.15, 0.2) is 5.82 Å². The van der Waals surface area contributed by atoms with E-state index >= 15 is 0 Å². The highest BCUT2D eigenvalue weighted by atomic mass is 35.5. The van der Waals surface area contributed by atoms with Gasteiger partial charge < -0.3 is 0 Å². The van der Waals surface area contributed by atoms with Crippen LogP contribution in [0.25, 0.3) is 11.4 Å². The molecule has 0 atom stereocenters. The summed E-state index contributed by atoms with van der Waals surface area (Å²) in [5, 5.41) is 0.722. The first kappa shape index (κ1) is 13.3. The Kier molecular flexibility index (Phi) is 4.56. The summed E-state index contributed by atoms with van der Waals surface area (Å²) in [6.07, 6.45) is 3.52. The topological polar surface area (TPSA) is 25.8 Å². The van der Waals surface area contributed by atoms with Gasteiger partial charge in [-0.15, -0.1) is 0 Å². The summed E-state index contributed by atoms with van der Waals surface area (Å²) in [5.41, 5.74) is 2.26. The summed E-state index contributed by atoms with van der Waals surface area (Å²) in [5.74, 6) is 0.564. The third kappa shape index (κ3) is 3.44. The van der Waals surface area contributed by atoms with Crippen molar-refractivity contribution in [2.24, 2.45) is 0 Å². The van der Waals surface area contributed by atoms with Crippen molar-refractivity contribution in [3.05, 3.63) is 46.2 Å². The third-order valence-corrected chi connectivity index (χ3v) is 3.08. The number of aromatic nitrogens is 2. The van der Waals surface area contributed by atoms with E-state index in [4.69, 9.17) is 23.2 Å². The van der Waals surface area contributed by atoms with E-state index in [1.54, 1.807) is 0 Å². The Morgan fingerprint density at radius 2 is 1.61 bits per heavy atom. The van der Waals surface area contributed by atoms with Crippen LogP contribution in [0.1, 0.15) is 25.3 Å². The summed E-state index contributed by atoms with van der Waals surface area (Å²) < 4.78 is 0. The smallest absolute Gasteiger partial charge is 0.162 e. The largest absolute Gasteiger partial charge is 0.216 e. The second-order valence-electron chi connectivity index (χ2n) is 4.14. The highest BCUT2D eigenvalue weighted by molar-refractivity contribution is 6.33. The van der Waals surface area contributed by atoms with Gasteiger partial charge in [-0.25, -0.2) is 9.97 Å². The van der Waals surface area contributed by atoms with Crippen LogP contribution in [0.4, 0.5) is 0 Å². The molecule has 4 heteroatoms. The minimum atomic E-state index is 0.361. The lowest BCUT2D eigenvalue weighted by molar-refractivity contribution is 0.795. The van der Waals surface area contributed by atoms with Crippen molar-refractivity contribution in [2.45, 2.75) is 26.2 Å². The molecule has 0 aliphatic rings. The van der Waals surface area contributed by atoms with Crippen molar-refractivity contribution in [3.8, 4) is 11.4 Å². The molecule has 2 nitrogen and oxygen atoms in total. The summed E-state index contributed by atoms with van der Waals surface area (Å²) in [6.45, 7) is 2.19. The number of benzene rings is 1. The SMILES string of the molecule is CCCCc1ccc(-c2nc(Cl)cc(Cl)n2)cc1. The van der Waals surface area contributed by atoms with E-state index in [0.717, 1.165) is 12.0 Å².